The summed E-state index contributed by atoms with van der Waals surface area (Å²) in [6, 6.07) is 6.31. The van der Waals surface area contributed by atoms with E-state index in [0.29, 0.717) is 5.56 Å². The molecule has 5 atom stereocenters. The number of likely N-dealkylation sites (N-methyl/N-ethyl adjacent to an activating group) is 2. The Morgan fingerprint density at radius 1 is 0.702 bits per heavy atom. The number of amides is 2. The molecule has 0 radical (unpaired) electrons. The molecule has 2 amide bonds. The van der Waals surface area contributed by atoms with E-state index in [-0.39, 0.29) is 25.4 Å². The molecule has 262 valence electrons. The van der Waals surface area contributed by atoms with E-state index >= 15 is 0 Å². The fourth-order valence-corrected chi connectivity index (χ4v) is 4.16. The Labute approximate surface area is 273 Å². The van der Waals surface area contributed by atoms with Crippen molar-refractivity contribution in [3.63, 3.8) is 0 Å². The Hall–Kier alpha value is -4.60. The molecule has 2 rings (SSSR count). The van der Waals surface area contributed by atoms with E-state index in [9.17, 15) is 28.8 Å². The van der Waals surface area contributed by atoms with Crippen molar-refractivity contribution in [2.45, 2.75) is 91.4 Å². The second-order valence-electron chi connectivity index (χ2n) is 11.7. The average Bonchev–Trinajstić information content (AvgIpc) is 2.95. The van der Waals surface area contributed by atoms with Crippen LogP contribution in [0.5, 0.6) is 5.75 Å². The summed E-state index contributed by atoms with van der Waals surface area (Å²) in [5.74, 6) is -2.70. The van der Waals surface area contributed by atoms with Crippen molar-refractivity contribution >= 4 is 36.1 Å². The zero-order valence-electron chi connectivity index (χ0n) is 28.1. The molecular weight excluding hydrogens is 624 g/mol. The van der Waals surface area contributed by atoms with Gasteiger partial charge in [-0.15, -0.1) is 0 Å². The van der Waals surface area contributed by atoms with Gasteiger partial charge in [-0.05, 0) is 38.5 Å². The van der Waals surface area contributed by atoms with Crippen molar-refractivity contribution in [2.24, 2.45) is 0 Å². The van der Waals surface area contributed by atoms with E-state index in [0.717, 1.165) is 20.8 Å². The summed E-state index contributed by atoms with van der Waals surface area (Å²) in [7, 11) is 3.11. The summed E-state index contributed by atoms with van der Waals surface area (Å²) in [6.45, 7) is 9.78. The van der Waals surface area contributed by atoms with Gasteiger partial charge in [0.2, 0.25) is 12.4 Å². The van der Waals surface area contributed by atoms with Gasteiger partial charge in [0.15, 0.2) is 12.2 Å². The van der Waals surface area contributed by atoms with Gasteiger partial charge in [0.05, 0.1) is 0 Å². The fourth-order valence-electron chi connectivity index (χ4n) is 4.16. The van der Waals surface area contributed by atoms with Crippen molar-refractivity contribution in [3.05, 3.63) is 29.8 Å². The molecule has 0 saturated carbocycles. The Morgan fingerprint density at radius 3 is 1.72 bits per heavy atom. The lowest BCUT2D eigenvalue weighted by molar-refractivity contribution is -0.288. The molecule has 1 heterocycles. The maximum atomic E-state index is 12.5. The largest absolute Gasteiger partial charge is 0.463 e. The van der Waals surface area contributed by atoms with E-state index in [1.54, 1.807) is 40.0 Å². The predicted octanol–water partition coefficient (Wildman–Crippen LogP) is 2.58. The molecule has 1 aliphatic heterocycles. The van der Waals surface area contributed by atoms with Gasteiger partial charge in [0, 0.05) is 54.9 Å². The van der Waals surface area contributed by atoms with Gasteiger partial charge in [-0.2, -0.15) is 0 Å². The normalized spacial score (nSPS) is 20.6. The molecule has 1 aliphatic rings. The summed E-state index contributed by atoms with van der Waals surface area (Å²) >= 11 is 0. The monoisotopic (exact) mass is 668 g/mol. The lowest BCUT2D eigenvalue weighted by Crippen LogP contribution is -2.63. The molecule has 1 aromatic carbocycles. The van der Waals surface area contributed by atoms with Crippen LogP contribution in [0.15, 0.2) is 24.3 Å². The maximum Gasteiger partial charge on any atom is 0.410 e. The van der Waals surface area contributed by atoms with Crippen molar-refractivity contribution in [2.75, 3.05) is 33.8 Å². The minimum Gasteiger partial charge on any atom is -0.463 e. The Bertz CT molecular complexity index is 1260. The summed E-state index contributed by atoms with van der Waals surface area (Å²) in [5.41, 5.74) is -0.0371. The van der Waals surface area contributed by atoms with E-state index < -0.39 is 79.0 Å². The van der Waals surface area contributed by atoms with Crippen LogP contribution in [-0.4, -0.2) is 116 Å². The first kappa shape index (κ1) is 38.6. The van der Waals surface area contributed by atoms with Crippen LogP contribution in [0.4, 0.5) is 9.59 Å². The molecule has 0 N–H and O–H groups in total. The van der Waals surface area contributed by atoms with Crippen molar-refractivity contribution in [1.82, 2.24) is 9.80 Å². The van der Waals surface area contributed by atoms with Crippen LogP contribution < -0.4 is 4.74 Å². The second-order valence-corrected chi connectivity index (χ2v) is 11.7. The third-order valence-corrected chi connectivity index (χ3v) is 6.27. The minimum atomic E-state index is -1.40. The SMILES string of the molecule is CC(=O)OC[C@H]1O[C@@H](Oc2ccc(COC(=O)N(C)CCN(C)C(=O)OC(C)(C)C)cc2)[C@H](OC(C)=O)[C@@H](OC(C)=O)[C@H]1OC(C)=O. The summed E-state index contributed by atoms with van der Waals surface area (Å²) < 4.78 is 43.8. The highest BCUT2D eigenvalue weighted by Crippen LogP contribution is 2.31. The van der Waals surface area contributed by atoms with Gasteiger partial charge in [-0.25, -0.2) is 9.59 Å². The van der Waals surface area contributed by atoms with Crippen LogP contribution in [-0.2, 0) is 58.9 Å². The summed E-state index contributed by atoms with van der Waals surface area (Å²) in [6.07, 6.45) is -7.76. The first-order valence-electron chi connectivity index (χ1n) is 14.7. The average molecular weight is 669 g/mol. The number of carbonyl (C=O) groups excluding carboxylic acids is 6. The predicted molar refractivity (Wildman–Crippen MR) is 161 cm³/mol. The van der Waals surface area contributed by atoms with Crippen LogP contribution in [0.3, 0.4) is 0 Å². The van der Waals surface area contributed by atoms with E-state index in [1.165, 1.54) is 35.9 Å². The summed E-state index contributed by atoms with van der Waals surface area (Å²) in [4.78, 5) is 74.8. The Kier molecular flexibility index (Phi) is 14.2. The van der Waals surface area contributed by atoms with Gasteiger partial charge in [-0.3, -0.25) is 19.2 Å². The molecule has 0 aromatic heterocycles. The smallest absolute Gasteiger partial charge is 0.410 e. The van der Waals surface area contributed by atoms with Crippen LogP contribution in [0.1, 0.15) is 54.0 Å². The van der Waals surface area contributed by atoms with Crippen molar-refractivity contribution in [1.29, 1.82) is 0 Å². The number of carbonyl (C=O) groups is 6. The minimum absolute atomic E-state index is 0.0790. The highest BCUT2D eigenvalue weighted by molar-refractivity contribution is 5.69. The highest BCUT2D eigenvalue weighted by atomic mass is 16.7. The molecule has 16 nitrogen and oxygen atoms in total. The molecule has 1 fully saturated rings. The number of rotatable bonds is 12. The van der Waals surface area contributed by atoms with E-state index in [4.69, 9.17) is 37.9 Å². The quantitative estimate of drug-likeness (QED) is 0.234. The third kappa shape index (κ3) is 13.3. The Morgan fingerprint density at radius 2 is 1.21 bits per heavy atom. The first-order valence-corrected chi connectivity index (χ1v) is 14.7. The zero-order chi connectivity index (χ0) is 35.5. The number of ether oxygens (including phenoxy) is 8. The number of hydrogen-bond donors (Lipinski definition) is 0. The lowest BCUT2D eigenvalue weighted by atomic mass is 9.98. The van der Waals surface area contributed by atoms with Gasteiger partial charge < -0.3 is 47.7 Å². The number of nitrogens with zero attached hydrogens (tertiary/aromatic N) is 2. The highest BCUT2D eigenvalue weighted by Gasteiger charge is 2.53. The second kappa shape index (κ2) is 17.4. The number of benzene rings is 1. The molecule has 0 aliphatic carbocycles. The van der Waals surface area contributed by atoms with E-state index in [1.807, 2.05) is 0 Å². The molecule has 1 saturated heterocycles. The standard InChI is InChI=1S/C31H44N2O14/c1-18(34)40-17-24-25(42-19(2)35)26(43-20(3)36)27(44-21(4)37)28(46-24)45-23-12-10-22(11-13-23)16-41-29(38)32(8)14-15-33(9)30(39)47-31(5,6)7/h10-13,24-28H,14-17H2,1-9H3/t24-,25+,26+,27-,28-/m1/s1. The van der Waals surface area contributed by atoms with Crippen LogP contribution in [0.25, 0.3) is 0 Å². The van der Waals surface area contributed by atoms with Crippen LogP contribution in [0, 0.1) is 0 Å². The summed E-state index contributed by atoms with van der Waals surface area (Å²) in [5, 5.41) is 0. The van der Waals surface area contributed by atoms with Gasteiger partial charge in [-0.1, -0.05) is 12.1 Å². The van der Waals surface area contributed by atoms with Gasteiger partial charge >= 0.3 is 36.1 Å². The fraction of sp³-hybridized carbons (Fsp3) is 0.613. The first-order chi connectivity index (χ1) is 21.9. The lowest BCUT2D eigenvalue weighted by Gasteiger charge is -2.43. The molecule has 1 aromatic rings. The number of esters is 4. The third-order valence-electron chi connectivity index (χ3n) is 6.27. The topological polar surface area (TPSA) is 183 Å². The van der Waals surface area contributed by atoms with Crippen molar-refractivity contribution in [3.8, 4) is 5.75 Å². The molecule has 0 spiro atoms. The molecule has 47 heavy (non-hydrogen) atoms. The molecule has 16 heteroatoms. The molecule has 0 unspecified atom stereocenters. The van der Waals surface area contributed by atoms with Crippen LogP contribution in [0.2, 0.25) is 0 Å². The maximum absolute atomic E-state index is 12.5. The van der Waals surface area contributed by atoms with Gasteiger partial charge in [0.25, 0.3) is 0 Å². The zero-order valence-corrected chi connectivity index (χ0v) is 28.1. The van der Waals surface area contributed by atoms with Gasteiger partial charge in [0.1, 0.15) is 30.7 Å². The molecule has 0 bridgehead atoms. The van der Waals surface area contributed by atoms with Crippen molar-refractivity contribution < 1.29 is 66.7 Å². The Balaban J connectivity index is 2.11. The van der Waals surface area contributed by atoms with Crippen LogP contribution >= 0.6 is 0 Å². The van der Waals surface area contributed by atoms with E-state index in [2.05, 4.69) is 0 Å². The number of hydrogen-bond acceptors (Lipinski definition) is 14. The molecular formula is C31H44N2O14.